The first-order chi connectivity index (χ1) is 15.0. The van der Waals surface area contributed by atoms with Gasteiger partial charge in [-0.15, -0.1) is 0 Å². The van der Waals surface area contributed by atoms with Crippen LogP contribution in [0.3, 0.4) is 0 Å². The van der Waals surface area contributed by atoms with Gasteiger partial charge < -0.3 is 10.1 Å². The lowest BCUT2D eigenvalue weighted by molar-refractivity contribution is -0.144. The molecule has 168 valence electrons. The Kier molecular flexibility index (Phi) is 4.93. The SMILES string of the molecule is CN=C1NC(=O)C(OC)(c2nsc3ccc(-n4c(=O)cc(C(F)(F)F)n(C)c4=O)cc23)N1. The molecule has 1 aromatic carbocycles. The maximum Gasteiger partial charge on any atom is 0.431 e. The molecule has 1 aliphatic heterocycles. The third kappa shape index (κ3) is 3.10. The number of benzene rings is 1. The highest BCUT2D eigenvalue weighted by Gasteiger charge is 2.50. The van der Waals surface area contributed by atoms with Crippen LogP contribution in [0.15, 0.2) is 38.8 Å². The molecule has 0 bridgehead atoms. The monoisotopic (exact) mass is 468 g/mol. The van der Waals surface area contributed by atoms with E-state index in [9.17, 15) is 27.6 Å². The average Bonchev–Trinajstić information content (AvgIpc) is 3.30. The van der Waals surface area contributed by atoms with E-state index < -0.39 is 34.8 Å². The van der Waals surface area contributed by atoms with Crippen LogP contribution in [0.2, 0.25) is 0 Å². The topological polar surface area (TPSA) is 120 Å². The molecule has 3 aromatic rings. The Hall–Kier alpha value is -3.52. The number of nitrogens with zero attached hydrogens (tertiary/aromatic N) is 4. The van der Waals surface area contributed by atoms with Gasteiger partial charge in [-0.3, -0.25) is 24.5 Å². The summed E-state index contributed by atoms with van der Waals surface area (Å²) in [5, 5.41) is 5.69. The van der Waals surface area contributed by atoms with Crippen molar-refractivity contribution < 1.29 is 22.7 Å². The van der Waals surface area contributed by atoms with E-state index in [2.05, 4.69) is 20.0 Å². The van der Waals surface area contributed by atoms with Crippen molar-refractivity contribution >= 4 is 33.5 Å². The fourth-order valence-electron chi connectivity index (χ4n) is 3.42. The van der Waals surface area contributed by atoms with E-state index in [1.807, 2.05) is 0 Å². The molecule has 0 spiro atoms. The Morgan fingerprint density at radius 3 is 2.53 bits per heavy atom. The van der Waals surface area contributed by atoms with Gasteiger partial charge in [0.15, 0.2) is 0 Å². The number of methoxy groups -OCH3 is 1. The maximum atomic E-state index is 13.1. The highest BCUT2D eigenvalue weighted by atomic mass is 32.1. The number of carbonyl (C=O) groups is 1. The van der Waals surface area contributed by atoms with Crippen LogP contribution in [0.4, 0.5) is 13.2 Å². The van der Waals surface area contributed by atoms with Crippen molar-refractivity contribution in [2.75, 3.05) is 14.2 Å². The molecule has 1 aliphatic rings. The van der Waals surface area contributed by atoms with Crippen molar-refractivity contribution in [1.82, 2.24) is 24.1 Å². The second kappa shape index (κ2) is 7.27. The summed E-state index contributed by atoms with van der Waals surface area (Å²) < 4.78 is 50.7. The lowest BCUT2D eigenvalue weighted by Crippen LogP contribution is -2.46. The molecule has 14 heteroatoms. The summed E-state index contributed by atoms with van der Waals surface area (Å²) in [7, 11) is 3.67. The molecule has 1 fully saturated rings. The van der Waals surface area contributed by atoms with Gasteiger partial charge in [0.1, 0.15) is 11.4 Å². The van der Waals surface area contributed by atoms with Gasteiger partial charge in [0.05, 0.1) is 10.4 Å². The number of alkyl halides is 3. The van der Waals surface area contributed by atoms with Crippen LogP contribution in [0.1, 0.15) is 11.4 Å². The highest BCUT2D eigenvalue weighted by molar-refractivity contribution is 7.13. The largest absolute Gasteiger partial charge is 0.431 e. The predicted molar refractivity (Wildman–Crippen MR) is 109 cm³/mol. The number of halogens is 3. The van der Waals surface area contributed by atoms with Crippen LogP contribution in [0.5, 0.6) is 0 Å². The molecule has 1 amide bonds. The van der Waals surface area contributed by atoms with E-state index in [1.54, 1.807) is 6.07 Å². The minimum absolute atomic E-state index is 0.00677. The fourth-order valence-corrected chi connectivity index (χ4v) is 4.22. The van der Waals surface area contributed by atoms with Crippen molar-refractivity contribution in [3.63, 3.8) is 0 Å². The van der Waals surface area contributed by atoms with Crippen LogP contribution in [0.25, 0.3) is 15.8 Å². The Balaban J connectivity index is 1.94. The number of hydrogen-bond acceptors (Lipinski definition) is 7. The molecule has 0 saturated carbocycles. The van der Waals surface area contributed by atoms with Crippen LogP contribution in [-0.4, -0.2) is 39.5 Å². The Bertz CT molecular complexity index is 1410. The van der Waals surface area contributed by atoms with Gasteiger partial charge in [-0.2, -0.15) is 17.5 Å². The minimum atomic E-state index is -4.87. The molecule has 0 radical (unpaired) electrons. The smallest absolute Gasteiger partial charge is 0.346 e. The molecular formula is C18H15F3N6O4S. The standard InChI is InChI=1S/C18H15F3N6O4S/c1-22-15-23-14(29)17(24-15,31-3)13-9-6-8(4-5-10(9)32-25-13)27-12(28)7-11(18(19,20)21)26(2)16(27)30/h4-7H,1-3H3,(H2,22,23,24,29). The van der Waals surface area contributed by atoms with Crippen LogP contribution >= 0.6 is 11.5 Å². The zero-order chi connectivity index (χ0) is 23.4. The Labute approximate surface area is 181 Å². The lowest BCUT2D eigenvalue weighted by atomic mass is 10.1. The molecule has 0 aliphatic carbocycles. The summed E-state index contributed by atoms with van der Waals surface area (Å²) in [6, 6.07) is 4.69. The quantitative estimate of drug-likeness (QED) is 0.583. The fraction of sp³-hybridized carbons (Fsp3) is 0.278. The molecule has 32 heavy (non-hydrogen) atoms. The third-order valence-corrected chi connectivity index (χ3v) is 5.86. The molecular weight excluding hydrogens is 453 g/mol. The van der Waals surface area contributed by atoms with Gasteiger partial charge in [0.2, 0.25) is 5.96 Å². The molecule has 1 saturated heterocycles. The number of hydrogen-bond donors (Lipinski definition) is 2. The van der Waals surface area contributed by atoms with E-state index in [0.717, 1.165) is 18.6 Å². The van der Waals surface area contributed by atoms with Crippen LogP contribution in [0, 0.1) is 0 Å². The number of carbonyl (C=O) groups excluding carboxylic acids is 1. The van der Waals surface area contributed by atoms with E-state index in [-0.39, 0.29) is 17.3 Å². The van der Waals surface area contributed by atoms with E-state index in [1.165, 1.54) is 26.3 Å². The predicted octanol–water partition coefficient (Wildman–Crippen LogP) is 0.669. The van der Waals surface area contributed by atoms with Crippen molar-refractivity contribution in [3.8, 4) is 5.69 Å². The average molecular weight is 468 g/mol. The summed E-state index contributed by atoms with van der Waals surface area (Å²) in [5.41, 5.74) is -5.25. The summed E-state index contributed by atoms with van der Waals surface area (Å²) in [6.07, 6.45) is -4.87. The lowest BCUT2D eigenvalue weighted by Gasteiger charge is -2.23. The Morgan fingerprint density at radius 2 is 1.94 bits per heavy atom. The summed E-state index contributed by atoms with van der Waals surface area (Å²) in [6.45, 7) is 0. The minimum Gasteiger partial charge on any atom is -0.346 e. The van der Waals surface area contributed by atoms with Gasteiger partial charge in [0, 0.05) is 32.7 Å². The first kappa shape index (κ1) is 21.7. The number of guanidine groups is 1. The number of nitrogens with one attached hydrogen (secondary N) is 2. The number of rotatable bonds is 3. The zero-order valence-electron chi connectivity index (χ0n) is 16.8. The number of amides is 1. The second-order valence-electron chi connectivity index (χ2n) is 6.79. The van der Waals surface area contributed by atoms with Crippen LogP contribution < -0.4 is 21.9 Å². The van der Waals surface area contributed by atoms with Gasteiger partial charge in [-0.1, -0.05) is 0 Å². The first-order valence-electron chi connectivity index (χ1n) is 8.95. The number of ether oxygens (including phenoxy) is 1. The molecule has 1 atom stereocenters. The van der Waals surface area contributed by atoms with Crippen molar-refractivity contribution in [2.24, 2.45) is 12.0 Å². The summed E-state index contributed by atoms with van der Waals surface area (Å²) in [5.74, 6) is -0.428. The zero-order valence-corrected chi connectivity index (χ0v) is 17.6. The molecule has 3 heterocycles. The van der Waals surface area contributed by atoms with Gasteiger partial charge in [-0.25, -0.2) is 9.36 Å². The highest BCUT2D eigenvalue weighted by Crippen LogP contribution is 2.34. The molecule has 10 nitrogen and oxygen atoms in total. The molecule has 2 aromatic heterocycles. The third-order valence-electron chi connectivity index (χ3n) is 5.03. The van der Waals surface area contributed by atoms with Gasteiger partial charge in [0.25, 0.3) is 17.2 Å². The van der Waals surface area contributed by atoms with Gasteiger partial charge >= 0.3 is 11.9 Å². The van der Waals surface area contributed by atoms with Crippen LogP contribution in [-0.2, 0) is 28.5 Å². The number of fused-ring (bicyclic) bond motifs is 1. The van der Waals surface area contributed by atoms with Crippen molar-refractivity contribution in [1.29, 1.82) is 0 Å². The van der Waals surface area contributed by atoms with Gasteiger partial charge in [-0.05, 0) is 29.7 Å². The Morgan fingerprint density at radius 1 is 1.22 bits per heavy atom. The summed E-state index contributed by atoms with van der Waals surface area (Å²) >= 11 is 1.04. The van der Waals surface area contributed by atoms with E-state index in [0.29, 0.717) is 25.3 Å². The number of aromatic nitrogens is 3. The molecule has 1 unspecified atom stereocenters. The first-order valence-corrected chi connectivity index (χ1v) is 9.73. The molecule has 2 N–H and O–H groups in total. The second-order valence-corrected chi connectivity index (χ2v) is 7.60. The molecule has 4 rings (SSSR count). The normalized spacial score (nSPS) is 20.1. The van der Waals surface area contributed by atoms with E-state index in [4.69, 9.17) is 4.74 Å². The van der Waals surface area contributed by atoms with Crippen molar-refractivity contribution in [2.45, 2.75) is 11.9 Å². The van der Waals surface area contributed by atoms with Crippen molar-refractivity contribution in [3.05, 3.63) is 56.5 Å². The maximum absolute atomic E-state index is 13.1. The summed E-state index contributed by atoms with van der Waals surface area (Å²) in [4.78, 5) is 41.6. The number of aliphatic imine (C=N–C) groups is 1. The van der Waals surface area contributed by atoms with E-state index >= 15 is 0 Å².